The zero-order chi connectivity index (χ0) is 13.0. The fourth-order valence-electron chi connectivity index (χ4n) is 2.17. The van der Waals surface area contributed by atoms with E-state index < -0.39 is 6.03 Å². The first-order valence-corrected chi connectivity index (χ1v) is 6.10. The monoisotopic (exact) mass is 250 g/mol. The number of primary amides is 1. The van der Waals surface area contributed by atoms with Crippen LogP contribution in [-0.4, -0.2) is 19.2 Å². The lowest BCUT2D eigenvalue weighted by molar-refractivity contribution is 0.201. The van der Waals surface area contributed by atoms with Gasteiger partial charge in [-0.3, -0.25) is 0 Å². The highest BCUT2D eigenvalue weighted by Gasteiger charge is 2.18. The van der Waals surface area contributed by atoms with Crippen LogP contribution >= 0.6 is 0 Å². The molecule has 3 N–H and O–H groups in total. The van der Waals surface area contributed by atoms with Crippen molar-refractivity contribution in [2.45, 2.75) is 31.8 Å². The predicted molar refractivity (Wildman–Crippen MR) is 69.1 cm³/mol. The van der Waals surface area contributed by atoms with E-state index in [9.17, 15) is 4.79 Å². The molecule has 0 aromatic heterocycles. The van der Waals surface area contributed by atoms with Crippen LogP contribution in [0.25, 0.3) is 0 Å². The van der Waals surface area contributed by atoms with Crippen molar-refractivity contribution in [3.63, 3.8) is 0 Å². The summed E-state index contributed by atoms with van der Waals surface area (Å²) < 4.78 is 11.1. The van der Waals surface area contributed by atoms with Crippen molar-refractivity contribution in [1.82, 2.24) is 0 Å². The summed E-state index contributed by atoms with van der Waals surface area (Å²) in [5, 5.41) is 2.52. The summed E-state index contributed by atoms with van der Waals surface area (Å²) in [6, 6.07) is 4.63. The molecule has 0 heterocycles. The molecule has 0 radical (unpaired) electrons. The molecular formula is C13H18N2O3. The summed E-state index contributed by atoms with van der Waals surface area (Å²) in [5.74, 6) is 1.31. The van der Waals surface area contributed by atoms with Crippen LogP contribution in [0.3, 0.4) is 0 Å². The van der Waals surface area contributed by atoms with E-state index in [1.165, 1.54) is 12.8 Å². The Labute approximate surface area is 106 Å². The van der Waals surface area contributed by atoms with Gasteiger partial charge in [-0.05, 0) is 37.8 Å². The van der Waals surface area contributed by atoms with Gasteiger partial charge in [0.1, 0.15) is 0 Å². The van der Waals surface area contributed by atoms with Crippen LogP contribution in [0, 0.1) is 0 Å². The maximum absolute atomic E-state index is 10.8. The smallest absolute Gasteiger partial charge is 0.316 e. The summed E-state index contributed by atoms with van der Waals surface area (Å²) in [4.78, 5) is 10.8. The molecule has 1 aliphatic carbocycles. The Morgan fingerprint density at radius 1 is 1.33 bits per heavy atom. The topological polar surface area (TPSA) is 73.6 Å². The minimum Gasteiger partial charge on any atom is -0.493 e. The maximum atomic E-state index is 10.8. The number of nitrogens with one attached hydrogen (secondary N) is 1. The lowest BCUT2D eigenvalue weighted by Crippen LogP contribution is -2.19. The van der Waals surface area contributed by atoms with Crippen LogP contribution in [0.2, 0.25) is 0 Å². The highest BCUT2D eigenvalue weighted by Crippen LogP contribution is 2.33. The van der Waals surface area contributed by atoms with Gasteiger partial charge in [-0.2, -0.15) is 0 Å². The quantitative estimate of drug-likeness (QED) is 0.862. The second kappa shape index (κ2) is 5.62. The van der Waals surface area contributed by atoms with Crippen LogP contribution in [0.15, 0.2) is 18.2 Å². The van der Waals surface area contributed by atoms with Crippen molar-refractivity contribution < 1.29 is 14.3 Å². The molecule has 1 aromatic rings. The summed E-state index contributed by atoms with van der Waals surface area (Å²) in [7, 11) is 1.60. The third kappa shape index (κ3) is 3.06. The minimum absolute atomic E-state index is 0.239. The van der Waals surface area contributed by atoms with Crippen molar-refractivity contribution in [1.29, 1.82) is 0 Å². The zero-order valence-electron chi connectivity index (χ0n) is 10.4. The number of rotatable bonds is 4. The number of hydrogen-bond donors (Lipinski definition) is 2. The van der Waals surface area contributed by atoms with Crippen molar-refractivity contribution in [2.24, 2.45) is 5.73 Å². The van der Waals surface area contributed by atoms with Gasteiger partial charge in [0.25, 0.3) is 0 Å². The van der Waals surface area contributed by atoms with Gasteiger partial charge in [-0.1, -0.05) is 0 Å². The third-order valence-corrected chi connectivity index (χ3v) is 3.03. The molecule has 5 heteroatoms. The molecule has 1 fully saturated rings. The number of nitrogens with two attached hydrogens (primary N) is 1. The van der Waals surface area contributed by atoms with E-state index >= 15 is 0 Å². The molecule has 2 amide bonds. The number of hydrogen-bond acceptors (Lipinski definition) is 3. The number of carbonyl (C=O) groups is 1. The van der Waals surface area contributed by atoms with E-state index in [-0.39, 0.29) is 6.10 Å². The summed E-state index contributed by atoms with van der Waals surface area (Å²) in [5.41, 5.74) is 5.69. The molecule has 1 aromatic carbocycles. The average molecular weight is 250 g/mol. The molecule has 18 heavy (non-hydrogen) atoms. The number of urea groups is 1. The predicted octanol–water partition coefficient (Wildman–Crippen LogP) is 2.51. The van der Waals surface area contributed by atoms with Gasteiger partial charge in [-0.25, -0.2) is 4.79 Å². The van der Waals surface area contributed by atoms with Crippen molar-refractivity contribution in [3.8, 4) is 11.5 Å². The lowest BCUT2D eigenvalue weighted by Gasteiger charge is -2.16. The molecule has 1 saturated carbocycles. The van der Waals surface area contributed by atoms with Crippen LogP contribution in [0.4, 0.5) is 10.5 Å². The second-order valence-electron chi connectivity index (χ2n) is 4.38. The fraction of sp³-hybridized carbons (Fsp3) is 0.462. The van der Waals surface area contributed by atoms with E-state index in [2.05, 4.69) is 5.32 Å². The molecule has 2 rings (SSSR count). The molecule has 0 aliphatic heterocycles. The second-order valence-corrected chi connectivity index (χ2v) is 4.38. The first-order valence-electron chi connectivity index (χ1n) is 6.10. The summed E-state index contributed by atoms with van der Waals surface area (Å²) in [6.45, 7) is 0. The average Bonchev–Trinajstić information content (AvgIpc) is 2.81. The van der Waals surface area contributed by atoms with Gasteiger partial charge >= 0.3 is 6.03 Å². The molecule has 0 bridgehead atoms. The SMILES string of the molecule is COc1ccc(NC(N)=O)cc1OC1CCCC1. The highest BCUT2D eigenvalue weighted by atomic mass is 16.5. The largest absolute Gasteiger partial charge is 0.493 e. The van der Waals surface area contributed by atoms with Gasteiger partial charge in [-0.15, -0.1) is 0 Å². The first kappa shape index (κ1) is 12.5. The molecule has 0 atom stereocenters. The Hall–Kier alpha value is -1.91. The van der Waals surface area contributed by atoms with E-state index in [1.54, 1.807) is 25.3 Å². The van der Waals surface area contributed by atoms with Gasteiger partial charge in [0.05, 0.1) is 13.2 Å². The van der Waals surface area contributed by atoms with E-state index in [0.717, 1.165) is 12.8 Å². The molecule has 0 saturated heterocycles. The fourth-order valence-corrected chi connectivity index (χ4v) is 2.17. The number of ether oxygens (including phenoxy) is 2. The molecule has 0 unspecified atom stereocenters. The maximum Gasteiger partial charge on any atom is 0.316 e. The van der Waals surface area contributed by atoms with E-state index in [0.29, 0.717) is 17.2 Å². The highest BCUT2D eigenvalue weighted by molar-refractivity contribution is 5.88. The van der Waals surface area contributed by atoms with Crippen molar-refractivity contribution >= 4 is 11.7 Å². The summed E-state index contributed by atoms with van der Waals surface area (Å²) >= 11 is 0. The Balaban J connectivity index is 2.15. The minimum atomic E-state index is -0.591. The standard InChI is InChI=1S/C13H18N2O3/c1-17-11-7-6-9(15-13(14)16)8-12(11)18-10-4-2-3-5-10/h6-8,10H,2-5H2,1H3,(H3,14,15,16). The number of anilines is 1. The number of amides is 2. The first-order chi connectivity index (χ1) is 8.69. The number of benzene rings is 1. The van der Waals surface area contributed by atoms with Crippen molar-refractivity contribution in [3.05, 3.63) is 18.2 Å². The van der Waals surface area contributed by atoms with Crippen LogP contribution in [0.1, 0.15) is 25.7 Å². The van der Waals surface area contributed by atoms with Gasteiger partial charge in [0.2, 0.25) is 0 Å². The van der Waals surface area contributed by atoms with Crippen LogP contribution in [0.5, 0.6) is 11.5 Å². The molecule has 5 nitrogen and oxygen atoms in total. The van der Waals surface area contributed by atoms with E-state index in [4.69, 9.17) is 15.2 Å². The third-order valence-electron chi connectivity index (χ3n) is 3.03. The van der Waals surface area contributed by atoms with Crippen molar-refractivity contribution in [2.75, 3.05) is 12.4 Å². The number of carbonyl (C=O) groups excluding carboxylic acids is 1. The molecular weight excluding hydrogens is 232 g/mol. The summed E-state index contributed by atoms with van der Waals surface area (Å²) in [6.07, 6.45) is 4.77. The Morgan fingerprint density at radius 3 is 2.67 bits per heavy atom. The van der Waals surface area contributed by atoms with Crippen LogP contribution in [-0.2, 0) is 0 Å². The Morgan fingerprint density at radius 2 is 2.06 bits per heavy atom. The zero-order valence-corrected chi connectivity index (χ0v) is 10.4. The normalized spacial score (nSPS) is 15.4. The van der Waals surface area contributed by atoms with Gasteiger partial charge < -0.3 is 20.5 Å². The lowest BCUT2D eigenvalue weighted by atomic mass is 10.2. The molecule has 1 aliphatic rings. The Bertz CT molecular complexity index is 428. The van der Waals surface area contributed by atoms with Gasteiger partial charge in [0, 0.05) is 11.8 Å². The van der Waals surface area contributed by atoms with E-state index in [1.807, 2.05) is 0 Å². The Kier molecular flexibility index (Phi) is 3.92. The molecule has 0 spiro atoms. The van der Waals surface area contributed by atoms with Crippen LogP contribution < -0.4 is 20.5 Å². The number of methoxy groups -OCH3 is 1. The van der Waals surface area contributed by atoms with Gasteiger partial charge in [0.15, 0.2) is 11.5 Å². The molecule has 98 valence electrons.